The molecule has 1 N–H and O–H groups in total. The molecule has 4 aromatic rings. The highest BCUT2D eigenvalue weighted by atomic mass is 19.1. The average molecular weight is 415 g/mol. The fourth-order valence-corrected chi connectivity index (χ4v) is 3.32. The molecule has 0 radical (unpaired) electrons. The molecule has 0 aliphatic heterocycles. The second-order valence-electron chi connectivity index (χ2n) is 7.25. The first-order valence-electron chi connectivity index (χ1n) is 9.88. The largest absolute Gasteiger partial charge is 0.457 e. The van der Waals surface area contributed by atoms with Gasteiger partial charge >= 0.3 is 0 Å². The third-order valence-electron chi connectivity index (χ3n) is 4.93. The maximum absolute atomic E-state index is 13.3. The molecule has 31 heavy (non-hydrogen) atoms. The molecule has 0 unspecified atom stereocenters. The van der Waals surface area contributed by atoms with Crippen molar-refractivity contribution in [3.8, 4) is 17.2 Å². The van der Waals surface area contributed by atoms with Gasteiger partial charge in [0, 0.05) is 30.1 Å². The molecule has 0 atom stereocenters. The van der Waals surface area contributed by atoms with Crippen molar-refractivity contribution in [2.45, 2.75) is 18.8 Å². The first-order valence-corrected chi connectivity index (χ1v) is 9.88. The van der Waals surface area contributed by atoms with Crippen LogP contribution < -0.4 is 10.1 Å². The first kappa shape index (κ1) is 18.9. The Morgan fingerprint density at radius 3 is 2.55 bits per heavy atom. The Labute approximate surface area is 177 Å². The van der Waals surface area contributed by atoms with Crippen molar-refractivity contribution in [3.05, 3.63) is 90.3 Å². The van der Waals surface area contributed by atoms with Crippen LogP contribution in [-0.4, -0.2) is 25.9 Å². The van der Waals surface area contributed by atoms with Gasteiger partial charge in [-0.05, 0) is 61.4 Å². The molecule has 1 saturated carbocycles. The number of benzene rings is 2. The number of nitrogens with one attached hydrogen (secondary N) is 1. The number of hydrogen-bond donors (Lipinski definition) is 1. The molecule has 2 aromatic carbocycles. The van der Waals surface area contributed by atoms with Crippen molar-refractivity contribution in [3.63, 3.8) is 0 Å². The van der Waals surface area contributed by atoms with Gasteiger partial charge < -0.3 is 10.1 Å². The van der Waals surface area contributed by atoms with E-state index in [1.54, 1.807) is 65.6 Å². The maximum atomic E-state index is 13.3. The van der Waals surface area contributed by atoms with Gasteiger partial charge in [0.15, 0.2) is 5.69 Å². The standard InChI is InChI=1S/C23H18FN5O2/c24-16-6-8-18(9-7-16)29-22(15-4-5-15)21(27-28-29)23(30)26-17-2-1-3-20(14-17)31-19-10-12-25-13-11-19/h1-3,6-15H,4-5H2,(H,26,30). The number of anilines is 1. The fraction of sp³-hybridized carbons (Fsp3) is 0.130. The zero-order valence-corrected chi connectivity index (χ0v) is 16.4. The Kier molecular flexibility index (Phi) is 4.87. The third kappa shape index (κ3) is 4.13. The Morgan fingerprint density at radius 1 is 1.03 bits per heavy atom. The summed E-state index contributed by atoms with van der Waals surface area (Å²) in [4.78, 5) is 17.0. The monoisotopic (exact) mass is 415 g/mol. The molecular formula is C23H18FN5O2. The molecule has 2 aromatic heterocycles. The number of nitrogens with zero attached hydrogens (tertiary/aromatic N) is 4. The number of rotatable bonds is 6. The van der Waals surface area contributed by atoms with Gasteiger partial charge in [0.2, 0.25) is 0 Å². The summed E-state index contributed by atoms with van der Waals surface area (Å²) in [5, 5.41) is 11.2. The number of ether oxygens (including phenoxy) is 1. The minimum atomic E-state index is -0.351. The van der Waals surface area contributed by atoms with Gasteiger partial charge in [-0.25, -0.2) is 9.07 Å². The Bertz CT molecular complexity index is 1220. The zero-order valence-electron chi connectivity index (χ0n) is 16.4. The predicted octanol–water partition coefficient (Wildman–Crippen LogP) is 4.72. The maximum Gasteiger partial charge on any atom is 0.278 e. The summed E-state index contributed by atoms with van der Waals surface area (Å²) in [5.74, 6) is 0.764. The van der Waals surface area contributed by atoms with Crippen LogP contribution in [-0.2, 0) is 0 Å². The SMILES string of the molecule is O=C(Nc1cccc(Oc2ccncc2)c1)c1nnn(-c2ccc(F)cc2)c1C1CC1. The molecule has 1 fully saturated rings. The predicted molar refractivity (Wildman–Crippen MR) is 112 cm³/mol. The van der Waals surface area contributed by atoms with E-state index in [9.17, 15) is 9.18 Å². The van der Waals surface area contributed by atoms with Crippen LogP contribution in [0.25, 0.3) is 5.69 Å². The minimum absolute atomic E-state index is 0.210. The van der Waals surface area contributed by atoms with E-state index in [0.717, 1.165) is 18.5 Å². The van der Waals surface area contributed by atoms with Crippen LogP contribution in [0, 0.1) is 5.82 Å². The molecule has 1 amide bonds. The highest BCUT2D eigenvalue weighted by Crippen LogP contribution is 2.42. The lowest BCUT2D eigenvalue weighted by Crippen LogP contribution is -2.15. The second-order valence-corrected chi connectivity index (χ2v) is 7.25. The Morgan fingerprint density at radius 2 is 1.81 bits per heavy atom. The van der Waals surface area contributed by atoms with E-state index in [4.69, 9.17) is 4.74 Å². The van der Waals surface area contributed by atoms with Crippen molar-refractivity contribution >= 4 is 11.6 Å². The summed E-state index contributed by atoms with van der Waals surface area (Å²) < 4.78 is 20.7. The molecule has 0 bridgehead atoms. The molecule has 154 valence electrons. The smallest absolute Gasteiger partial charge is 0.278 e. The summed E-state index contributed by atoms with van der Waals surface area (Å²) >= 11 is 0. The van der Waals surface area contributed by atoms with Gasteiger partial charge in [-0.2, -0.15) is 0 Å². The number of amides is 1. The topological polar surface area (TPSA) is 81.9 Å². The number of hydrogen-bond acceptors (Lipinski definition) is 5. The number of carbonyl (C=O) groups is 1. The van der Waals surface area contributed by atoms with Crippen molar-refractivity contribution in [1.29, 1.82) is 0 Å². The lowest BCUT2D eigenvalue weighted by molar-refractivity contribution is 0.102. The van der Waals surface area contributed by atoms with E-state index in [2.05, 4.69) is 20.6 Å². The van der Waals surface area contributed by atoms with Gasteiger partial charge in [-0.3, -0.25) is 9.78 Å². The Hall–Kier alpha value is -4.07. The van der Waals surface area contributed by atoms with Crippen molar-refractivity contribution in [2.75, 3.05) is 5.32 Å². The van der Waals surface area contributed by atoms with E-state index in [0.29, 0.717) is 22.9 Å². The summed E-state index contributed by atoms with van der Waals surface area (Å²) in [5.41, 5.74) is 2.26. The summed E-state index contributed by atoms with van der Waals surface area (Å²) in [6.45, 7) is 0. The second kappa shape index (κ2) is 7.98. The zero-order chi connectivity index (χ0) is 21.2. The van der Waals surface area contributed by atoms with E-state index in [1.807, 2.05) is 0 Å². The van der Waals surface area contributed by atoms with Crippen molar-refractivity contribution in [1.82, 2.24) is 20.0 Å². The molecule has 1 aliphatic rings. The fourth-order valence-electron chi connectivity index (χ4n) is 3.32. The summed E-state index contributed by atoms with van der Waals surface area (Å²) in [7, 11) is 0. The highest BCUT2D eigenvalue weighted by Gasteiger charge is 2.34. The molecule has 0 saturated heterocycles. The molecule has 1 aliphatic carbocycles. The van der Waals surface area contributed by atoms with Crippen LogP contribution in [0.5, 0.6) is 11.5 Å². The highest BCUT2D eigenvalue weighted by molar-refractivity contribution is 6.04. The number of aromatic nitrogens is 4. The van der Waals surface area contributed by atoms with Crippen molar-refractivity contribution in [2.24, 2.45) is 0 Å². The third-order valence-corrected chi connectivity index (χ3v) is 4.93. The van der Waals surface area contributed by atoms with Crippen LogP contribution in [0.4, 0.5) is 10.1 Å². The molecule has 5 rings (SSSR count). The van der Waals surface area contributed by atoms with E-state index >= 15 is 0 Å². The van der Waals surface area contributed by atoms with Crippen LogP contribution in [0.15, 0.2) is 73.1 Å². The van der Waals surface area contributed by atoms with E-state index in [1.165, 1.54) is 12.1 Å². The van der Waals surface area contributed by atoms with Crippen LogP contribution in [0.3, 0.4) is 0 Å². The van der Waals surface area contributed by atoms with Gasteiger partial charge in [0.25, 0.3) is 5.91 Å². The van der Waals surface area contributed by atoms with Crippen LogP contribution in [0.1, 0.15) is 34.9 Å². The van der Waals surface area contributed by atoms with E-state index in [-0.39, 0.29) is 23.3 Å². The van der Waals surface area contributed by atoms with Gasteiger partial charge in [-0.1, -0.05) is 11.3 Å². The molecule has 8 heteroatoms. The number of halogens is 1. The van der Waals surface area contributed by atoms with Crippen molar-refractivity contribution < 1.29 is 13.9 Å². The average Bonchev–Trinajstić information content (AvgIpc) is 3.53. The number of carbonyl (C=O) groups excluding carboxylic acids is 1. The van der Waals surface area contributed by atoms with Crippen LogP contribution in [0.2, 0.25) is 0 Å². The molecular weight excluding hydrogens is 397 g/mol. The van der Waals surface area contributed by atoms with Gasteiger partial charge in [0.1, 0.15) is 17.3 Å². The Balaban J connectivity index is 1.39. The first-order chi connectivity index (χ1) is 15.2. The molecule has 0 spiro atoms. The quantitative estimate of drug-likeness (QED) is 0.493. The minimum Gasteiger partial charge on any atom is -0.457 e. The number of pyridine rings is 1. The van der Waals surface area contributed by atoms with E-state index < -0.39 is 0 Å². The lowest BCUT2D eigenvalue weighted by atomic mass is 10.2. The summed E-state index contributed by atoms with van der Waals surface area (Å²) in [6.07, 6.45) is 5.21. The molecule has 7 nitrogen and oxygen atoms in total. The molecule has 2 heterocycles. The van der Waals surface area contributed by atoms with Crippen LogP contribution >= 0.6 is 0 Å². The van der Waals surface area contributed by atoms with Gasteiger partial charge in [-0.15, -0.1) is 5.10 Å². The lowest BCUT2D eigenvalue weighted by Gasteiger charge is -2.09. The van der Waals surface area contributed by atoms with Gasteiger partial charge in [0.05, 0.1) is 11.4 Å². The normalized spacial score (nSPS) is 13.1. The summed E-state index contributed by atoms with van der Waals surface area (Å²) in [6, 6.07) is 16.6.